The van der Waals surface area contributed by atoms with Crippen molar-refractivity contribution in [2.24, 2.45) is 0 Å². The van der Waals surface area contributed by atoms with Gasteiger partial charge in [-0.1, -0.05) is 11.7 Å². The first-order chi connectivity index (χ1) is 3.43. The zero-order chi connectivity index (χ0) is 5.11. The molecule has 3 nitrogen and oxygen atoms in total. The zero-order valence-electron chi connectivity index (χ0n) is 3.33. The molecule has 0 radical (unpaired) electrons. The molecular formula is C3HN3S. The SMILES string of the molecule is [C-]#[N+]c1nncs1. The van der Waals surface area contributed by atoms with E-state index < -0.39 is 0 Å². The Balaban J connectivity index is 3.04. The van der Waals surface area contributed by atoms with Crippen LogP contribution in [-0.4, -0.2) is 10.2 Å². The summed E-state index contributed by atoms with van der Waals surface area (Å²) >= 11 is 1.25. The highest BCUT2D eigenvalue weighted by Crippen LogP contribution is 2.10. The van der Waals surface area contributed by atoms with E-state index in [-0.39, 0.29) is 0 Å². The van der Waals surface area contributed by atoms with E-state index in [1.165, 1.54) is 16.8 Å². The van der Waals surface area contributed by atoms with E-state index in [4.69, 9.17) is 6.57 Å². The minimum atomic E-state index is 0.403. The molecule has 1 heterocycles. The number of rotatable bonds is 0. The van der Waals surface area contributed by atoms with Crippen LogP contribution in [0.2, 0.25) is 0 Å². The lowest BCUT2D eigenvalue weighted by molar-refractivity contribution is 1.10. The van der Waals surface area contributed by atoms with Crippen molar-refractivity contribution in [3.05, 3.63) is 16.9 Å². The number of hydrogen-bond donors (Lipinski definition) is 0. The predicted molar refractivity (Wildman–Crippen MR) is 26.2 cm³/mol. The molecule has 0 amide bonds. The average molecular weight is 111 g/mol. The first-order valence-electron chi connectivity index (χ1n) is 1.57. The molecule has 1 rings (SSSR count). The molecule has 0 fully saturated rings. The van der Waals surface area contributed by atoms with Crippen LogP contribution in [0.3, 0.4) is 0 Å². The molecule has 0 saturated carbocycles. The van der Waals surface area contributed by atoms with Crippen LogP contribution in [0.15, 0.2) is 5.51 Å². The largest absolute Gasteiger partial charge is 0.355 e. The zero-order valence-corrected chi connectivity index (χ0v) is 4.14. The second kappa shape index (κ2) is 1.67. The summed E-state index contributed by atoms with van der Waals surface area (Å²) in [5.41, 5.74) is 1.54. The first-order valence-corrected chi connectivity index (χ1v) is 2.45. The molecule has 34 valence electrons. The van der Waals surface area contributed by atoms with Gasteiger partial charge < -0.3 is 4.85 Å². The molecule has 1 aromatic heterocycles. The molecule has 0 aliphatic rings. The van der Waals surface area contributed by atoms with E-state index >= 15 is 0 Å². The first kappa shape index (κ1) is 4.22. The fourth-order valence-electron chi connectivity index (χ4n) is 0.216. The summed E-state index contributed by atoms with van der Waals surface area (Å²) in [6.45, 7) is 6.39. The van der Waals surface area contributed by atoms with Crippen LogP contribution in [0, 0.1) is 6.57 Å². The Kier molecular flexibility index (Phi) is 1.00. The van der Waals surface area contributed by atoms with Crippen LogP contribution in [0.1, 0.15) is 0 Å². The smallest absolute Gasteiger partial charge is 0.350 e. The van der Waals surface area contributed by atoms with Gasteiger partial charge in [0.15, 0.2) is 0 Å². The van der Waals surface area contributed by atoms with Gasteiger partial charge in [0, 0.05) is 5.10 Å². The Morgan fingerprint density at radius 2 is 2.71 bits per heavy atom. The predicted octanol–water partition coefficient (Wildman–Crippen LogP) is 1.09. The maximum Gasteiger partial charge on any atom is 0.355 e. The quantitative estimate of drug-likeness (QED) is 0.469. The summed E-state index contributed by atoms with van der Waals surface area (Å²) in [7, 11) is 0. The monoisotopic (exact) mass is 111 g/mol. The fraction of sp³-hybridized carbons (Fsp3) is 0. The molecule has 4 heteroatoms. The van der Waals surface area contributed by atoms with Gasteiger partial charge in [-0.05, 0) is 0 Å². The molecule has 0 unspecified atom stereocenters. The van der Waals surface area contributed by atoms with Crippen molar-refractivity contribution >= 4 is 16.5 Å². The second-order valence-electron chi connectivity index (χ2n) is 0.833. The Morgan fingerprint density at radius 3 is 3.00 bits per heavy atom. The maximum absolute atomic E-state index is 6.39. The normalized spacial score (nSPS) is 7.86. The molecule has 1 aromatic rings. The van der Waals surface area contributed by atoms with Crippen molar-refractivity contribution in [1.82, 2.24) is 10.2 Å². The summed E-state index contributed by atoms with van der Waals surface area (Å²) in [5.74, 6) is 0. The molecule has 0 atom stereocenters. The lowest BCUT2D eigenvalue weighted by atomic mass is 11.3. The van der Waals surface area contributed by atoms with Crippen LogP contribution in [0.5, 0.6) is 0 Å². The van der Waals surface area contributed by atoms with Gasteiger partial charge in [-0.2, -0.15) is 0 Å². The van der Waals surface area contributed by atoms with Crippen molar-refractivity contribution in [2.75, 3.05) is 0 Å². The summed E-state index contributed by atoms with van der Waals surface area (Å²) < 4.78 is 0. The molecular weight excluding hydrogens is 110 g/mol. The van der Waals surface area contributed by atoms with Crippen molar-refractivity contribution < 1.29 is 0 Å². The molecule has 0 spiro atoms. The lowest BCUT2D eigenvalue weighted by Gasteiger charge is -1.62. The van der Waals surface area contributed by atoms with E-state index in [0.29, 0.717) is 5.13 Å². The van der Waals surface area contributed by atoms with Gasteiger partial charge in [0.05, 0.1) is 0 Å². The Bertz CT molecular complexity index is 173. The van der Waals surface area contributed by atoms with E-state index in [0.717, 1.165) is 0 Å². The van der Waals surface area contributed by atoms with Gasteiger partial charge in [0.25, 0.3) is 0 Å². The molecule has 7 heavy (non-hydrogen) atoms. The molecule has 0 N–H and O–H groups in total. The second-order valence-corrected chi connectivity index (χ2v) is 1.64. The Hall–Kier alpha value is -0.950. The van der Waals surface area contributed by atoms with E-state index in [9.17, 15) is 0 Å². The standard InChI is InChI=1S/C3HN3S/c1-4-3-6-5-2-7-3/h2H. The number of nitrogens with zero attached hydrogens (tertiary/aromatic N) is 3. The number of hydrogen-bond acceptors (Lipinski definition) is 3. The summed E-state index contributed by atoms with van der Waals surface area (Å²) in [5, 5.41) is 7.30. The van der Waals surface area contributed by atoms with Crippen molar-refractivity contribution in [3.63, 3.8) is 0 Å². The molecule has 0 aliphatic carbocycles. The van der Waals surface area contributed by atoms with Gasteiger partial charge >= 0.3 is 5.13 Å². The van der Waals surface area contributed by atoms with Crippen LogP contribution in [0.25, 0.3) is 4.85 Å². The van der Waals surface area contributed by atoms with Gasteiger partial charge in [0.2, 0.25) is 0 Å². The van der Waals surface area contributed by atoms with Crippen molar-refractivity contribution in [1.29, 1.82) is 0 Å². The highest BCUT2D eigenvalue weighted by molar-refractivity contribution is 7.13. The third kappa shape index (κ3) is 0.725. The van der Waals surface area contributed by atoms with E-state index in [2.05, 4.69) is 15.0 Å². The summed E-state index contributed by atoms with van der Waals surface area (Å²) in [4.78, 5) is 3.03. The van der Waals surface area contributed by atoms with Gasteiger partial charge in [-0.25, -0.2) is 0 Å². The fourth-order valence-corrected chi connectivity index (χ4v) is 0.552. The summed E-state index contributed by atoms with van der Waals surface area (Å²) in [6, 6.07) is 0. The van der Waals surface area contributed by atoms with Crippen LogP contribution < -0.4 is 0 Å². The molecule has 0 bridgehead atoms. The van der Waals surface area contributed by atoms with Gasteiger partial charge in [-0.15, -0.1) is 11.3 Å². The Labute approximate surface area is 44.4 Å². The van der Waals surface area contributed by atoms with Crippen LogP contribution in [-0.2, 0) is 0 Å². The molecule has 0 aromatic carbocycles. The number of aromatic nitrogens is 2. The van der Waals surface area contributed by atoms with Crippen molar-refractivity contribution in [2.45, 2.75) is 0 Å². The maximum atomic E-state index is 6.39. The molecule has 0 saturated heterocycles. The minimum absolute atomic E-state index is 0.403. The highest BCUT2D eigenvalue weighted by atomic mass is 32.1. The average Bonchev–Trinajstić information content (AvgIpc) is 2.14. The van der Waals surface area contributed by atoms with Crippen LogP contribution in [0.4, 0.5) is 5.13 Å². The van der Waals surface area contributed by atoms with Crippen molar-refractivity contribution in [3.8, 4) is 0 Å². The van der Waals surface area contributed by atoms with Crippen LogP contribution >= 0.6 is 11.3 Å². The third-order valence-electron chi connectivity index (χ3n) is 0.444. The Morgan fingerprint density at radius 1 is 1.86 bits per heavy atom. The van der Waals surface area contributed by atoms with E-state index in [1.54, 1.807) is 0 Å². The lowest BCUT2D eigenvalue weighted by Crippen LogP contribution is -1.57. The summed E-state index contributed by atoms with van der Waals surface area (Å²) in [6.07, 6.45) is 0. The van der Waals surface area contributed by atoms with Gasteiger partial charge in [0.1, 0.15) is 5.51 Å². The third-order valence-corrected chi connectivity index (χ3v) is 1.03. The van der Waals surface area contributed by atoms with E-state index in [1.807, 2.05) is 0 Å². The topological polar surface area (TPSA) is 30.1 Å². The highest BCUT2D eigenvalue weighted by Gasteiger charge is 1.88. The van der Waals surface area contributed by atoms with Gasteiger partial charge in [-0.3, -0.25) is 0 Å². The molecule has 0 aliphatic heterocycles. The minimum Gasteiger partial charge on any atom is -0.350 e.